The van der Waals surface area contributed by atoms with E-state index in [-0.39, 0.29) is 55.3 Å². The third-order valence-electron chi connectivity index (χ3n) is 17.4. The number of fused-ring (bicyclic) bond motifs is 2. The molecule has 5 aliphatic rings. The summed E-state index contributed by atoms with van der Waals surface area (Å²) >= 11 is 0. The van der Waals surface area contributed by atoms with Gasteiger partial charge in [-0.15, -0.1) is 0 Å². The standard InChI is InChI=1S/C59H91N11O15/c1-4-5-6-7-35-8-13-38(14-9-35)67-21-23-68(24-22-67)39-15-11-37(12-16-39)53(78)63-42-28-40(72)30-62-57(82)51-52(77)33(2)31-70(51)59(84)50(45(75)18-19-60)66-56(81)49(46(76)26-36-10-17-44(74)47(27-36)85-25-20-61)65-55(80)43-29-41(73)32-69(43)58(83)48(34(3)71)64-54(42)79/h10-12,15-17,27,33-35,38,40-43,45-46,48-52,71-77H,4-9,13-14,18-26,28-32,60-61H2,1-3H3,(H,62,82)(H,63,78)(H,64,79)(H,65,80)(H,66,81)/t33-,34+,35?,38?,40+,41+,42-,43-,45+,46+,48-,49-,50-,51-,52-/m0/s1. The molecule has 7 rings (SSSR count). The van der Waals surface area contributed by atoms with Gasteiger partial charge in [0.2, 0.25) is 35.4 Å². The zero-order valence-electron chi connectivity index (χ0n) is 49.1. The third-order valence-corrected chi connectivity index (χ3v) is 17.4. The molecular formula is C59H91N11O15. The average Bonchev–Trinajstić information content (AvgIpc) is 4.12. The second-order valence-corrected chi connectivity index (χ2v) is 23.8. The van der Waals surface area contributed by atoms with E-state index in [1.165, 1.54) is 76.5 Å². The topological polar surface area (TPSA) is 395 Å². The number of phenolic OH excluding ortho intramolecular Hbond substituents is 1. The van der Waals surface area contributed by atoms with Gasteiger partial charge >= 0.3 is 0 Å². The average molecular weight is 1190 g/mol. The van der Waals surface area contributed by atoms with Crippen LogP contribution < -0.4 is 47.7 Å². The van der Waals surface area contributed by atoms with Gasteiger partial charge in [-0.3, -0.25) is 38.5 Å². The number of anilines is 1. The normalized spacial score (nSPS) is 30.0. The van der Waals surface area contributed by atoms with Crippen molar-refractivity contribution in [3.63, 3.8) is 0 Å². The summed E-state index contributed by atoms with van der Waals surface area (Å²) in [7, 11) is 0. The summed E-state index contributed by atoms with van der Waals surface area (Å²) < 4.78 is 5.52. The fourth-order valence-corrected chi connectivity index (χ4v) is 12.5. The van der Waals surface area contributed by atoms with Gasteiger partial charge in [-0.1, -0.05) is 45.6 Å². The first kappa shape index (κ1) is 66.3. The number of hydrogen-bond donors (Lipinski definition) is 14. The van der Waals surface area contributed by atoms with E-state index in [4.69, 9.17) is 16.2 Å². The molecule has 0 spiro atoms. The van der Waals surface area contributed by atoms with Crippen LogP contribution in [0.4, 0.5) is 5.69 Å². The van der Waals surface area contributed by atoms with Crippen LogP contribution in [0.15, 0.2) is 42.5 Å². The Kier molecular flexibility index (Phi) is 24.1. The highest BCUT2D eigenvalue weighted by Crippen LogP contribution is 2.33. The lowest BCUT2D eigenvalue weighted by molar-refractivity contribution is -0.147. The predicted octanol–water partition coefficient (Wildman–Crippen LogP) is -2.71. The predicted molar refractivity (Wildman–Crippen MR) is 311 cm³/mol. The number of β-amino-alcohol motifs (C(OH)–C–C–N with tert-alkyl or cyclic N) is 1. The van der Waals surface area contributed by atoms with Crippen LogP contribution in [0.5, 0.6) is 11.5 Å². The second-order valence-electron chi connectivity index (χ2n) is 23.8. The number of nitrogens with zero attached hydrogens (tertiary/aromatic N) is 4. The lowest BCUT2D eigenvalue weighted by atomic mass is 9.82. The number of nitrogens with two attached hydrogens (primary N) is 2. The molecule has 85 heavy (non-hydrogen) atoms. The number of aliphatic hydroxyl groups is 6. The van der Waals surface area contributed by atoms with Crippen molar-refractivity contribution in [2.24, 2.45) is 23.3 Å². The molecule has 1 aliphatic carbocycles. The smallest absolute Gasteiger partial charge is 0.251 e. The minimum atomic E-state index is -2.02. The van der Waals surface area contributed by atoms with Crippen molar-refractivity contribution in [1.29, 1.82) is 0 Å². The van der Waals surface area contributed by atoms with Gasteiger partial charge < -0.3 is 93.2 Å². The fourth-order valence-electron chi connectivity index (χ4n) is 12.5. The Morgan fingerprint density at radius 2 is 1.42 bits per heavy atom. The van der Waals surface area contributed by atoms with Crippen molar-refractivity contribution < 1.29 is 74.0 Å². The van der Waals surface area contributed by atoms with Crippen LogP contribution in [0.1, 0.15) is 107 Å². The highest BCUT2D eigenvalue weighted by atomic mass is 16.5. The number of rotatable bonds is 18. The maximum absolute atomic E-state index is 14.7. The zero-order chi connectivity index (χ0) is 61.6. The molecule has 1 saturated carbocycles. The zero-order valence-corrected chi connectivity index (χ0v) is 49.1. The highest BCUT2D eigenvalue weighted by molar-refractivity contribution is 6.00. The monoisotopic (exact) mass is 1190 g/mol. The number of aliphatic hydroxyl groups excluding tert-OH is 6. The number of aromatic hydroxyl groups is 1. The van der Waals surface area contributed by atoms with E-state index in [9.17, 15) is 69.3 Å². The maximum atomic E-state index is 14.7. The fraction of sp³-hybridized carbons (Fsp3) is 0.678. The van der Waals surface area contributed by atoms with Crippen molar-refractivity contribution in [2.45, 2.75) is 177 Å². The van der Waals surface area contributed by atoms with Gasteiger partial charge in [0, 0.05) is 94.8 Å². The number of carbonyl (C=O) groups excluding carboxylic acids is 7. The van der Waals surface area contributed by atoms with E-state index in [0.717, 1.165) is 47.6 Å². The van der Waals surface area contributed by atoms with Crippen LogP contribution in [0.3, 0.4) is 0 Å². The minimum absolute atomic E-state index is 0.00498. The molecule has 26 nitrogen and oxygen atoms in total. The van der Waals surface area contributed by atoms with Crippen LogP contribution in [-0.2, 0) is 35.2 Å². The summed E-state index contributed by atoms with van der Waals surface area (Å²) in [6.45, 7) is 6.87. The number of piperazine rings is 1. The maximum Gasteiger partial charge on any atom is 0.251 e. The first-order valence-corrected chi connectivity index (χ1v) is 30.3. The molecule has 7 amide bonds. The molecule has 13 atom stereocenters. The molecule has 0 aromatic heterocycles. The van der Waals surface area contributed by atoms with E-state index in [2.05, 4.69) is 43.3 Å². The first-order chi connectivity index (χ1) is 40.6. The summed E-state index contributed by atoms with van der Waals surface area (Å²) in [6.07, 6.45) is -1.48. The number of unbranched alkanes of at least 4 members (excludes halogenated alkanes) is 2. The molecule has 2 aromatic carbocycles. The second kappa shape index (κ2) is 30.9. The quantitative estimate of drug-likeness (QED) is 0.0675. The van der Waals surface area contributed by atoms with Crippen LogP contribution in [-0.4, -0.2) is 236 Å². The Morgan fingerprint density at radius 1 is 0.753 bits per heavy atom. The summed E-state index contributed by atoms with van der Waals surface area (Å²) in [5.41, 5.74) is 12.7. The Hall–Kier alpha value is -6.23. The SMILES string of the molecule is CCCCCC1CCC(N2CCN(c3ccc(C(=O)N[C@H]4C[C@@H](O)CNC(=O)[C@@H]5[C@@H](O)[C@@H](C)CN5C(=O)[C@H]([C@H](O)CCN)NC(=O)[C@H]([C@H](O)Cc5ccc(O)c(OCCN)c5)NC(=O)[C@@H]5C[C@@H](O)CN5C(=O)[C@H]([C@@H](C)O)NC4=O)cc3)CC2)CC1. The molecule has 0 bridgehead atoms. The Bertz CT molecular complexity index is 2590. The Morgan fingerprint density at radius 3 is 2.08 bits per heavy atom. The molecule has 472 valence electrons. The number of nitrogens with one attached hydrogen (secondary N) is 5. The van der Waals surface area contributed by atoms with E-state index >= 15 is 0 Å². The molecule has 5 fully saturated rings. The van der Waals surface area contributed by atoms with E-state index in [1.807, 2.05) is 0 Å². The van der Waals surface area contributed by atoms with Gasteiger partial charge in [-0.2, -0.15) is 0 Å². The van der Waals surface area contributed by atoms with Gasteiger partial charge in [-0.05, 0) is 93.5 Å². The molecule has 16 N–H and O–H groups in total. The summed E-state index contributed by atoms with van der Waals surface area (Å²) in [5.74, 6) is -7.55. The van der Waals surface area contributed by atoms with Crippen molar-refractivity contribution in [1.82, 2.24) is 41.3 Å². The Labute approximate surface area is 496 Å². The van der Waals surface area contributed by atoms with Gasteiger partial charge in [0.1, 0.15) is 42.9 Å². The van der Waals surface area contributed by atoms with Gasteiger partial charge in [-0.25, -0.2) is 0 Å². The number of benzene rings is 2. The van der Waals surface area contributed by atoms with E-state index in [0.29, 0.717) is 6.04 Å². The van der Waals surface area contributed by atoms with Crippen molar-refractivity contribution in [3.05, 3.63) is 53.6 Å². The molecule has 0 radical (unpaired) electrons. The molecule has 4 aliphatic heterocycles. The molecule has 2 aromatic rings. The molecule has 26 heteroatoms. The van der Waals surface area contributed by atoms with Crippen molar-refractivity contribution >= 4 is 47.0 Å². The van der Waals surface area contributed by atoms with Gasteiger partial charge in [0.05, 0.1) is 36.6 Å². The third kappa shape index (κ3) is 17.1. The van der Waals surface area contributed by atoms with Gasteiger partial charge in [0.15, 0.2) is 11.5 Å². The minimum Gasteiger partial charge on any atom is -0.504 e. The lowest BCUT2D eigenvalue weighted by Crippen LogP contribution is -2.64. The van der Waals surface area contributed by atoms with Gasteiger partial charge in [0.25, 0.3) is 5.91 Å². The van der Waals surface area contributed by atoms with Crippen LogP contribution in [0.2, 0.25) is 0 Å². The molecular weight excluding hydrogens is 1100 g/mol. The van der Waals surface area contributed by atoms with Crippen LogP contribution in [0, 0.1) is 11.8 Å². The van der Waals surface area contributed by atoms with E-state index < -0.39 is 152 Å². The summed E-state index contributed by atoms with van der Waals surface area (Å²) in [5, 5.41) is 91.4. The molecule has 4 heterocycles. The Balaban J connectivity index is 1.14. The van der Waals surface area contributed by atoms with Crippen LogP contribution in [0.25, 0.3) is 0 Å². The van der Waals surface area contributed by atoms with Crippen molar-refractivity contribution in [3.8, 4) is 11.5 Å². The number of hydrogen-bond acceptors (Lipinski definition) is 19. The first-order valence-electron chi connectivity index (χ1n) is 30.3. The van der Waals surface area contributed by atoms with Crippen molar-refractivity contribution in [2.75, 3.05) is 70.4 Å². The highest BCUT2D eigenvalue weighted by Gasteiger charge is 2.50. The van der Waals surface area contributed by atoms with E-state index in [1.54, 1.807) is 31.2 Å². The summed E-state index contributed by atoms with van der Waals surface area (Å²) in [6, 6.07) is 0.639. The number of amides is 7. The lowest BCUT2D eigenvalue weighted by Gasteiger charge is -2.42. The largest absolute Gasteiger partial charge is 0.504 e. The number of carbonyl (C=O) groups is 7. The van der Waals surface area contributed by atoms with Crippen LogP contribution >= 0.6 is 0 Å². The number of phenols is 1. The molecule has 0 unspecified atom stereocenters. The summed E-state index contributed by atoms with van der Waals surface area (Å²) in [4.78, 5) is 108. The molecule has 4 saturated heterocycles. The number of ether oxygens (including phenoxy) is 1.